The van der Waals surface area contributed by atoms with Gasteiger partial charge in [-0.2, -0.15) is 0 Å². The van der Waals surface area contributed by atoms with Crippen molar-refractivity contribution in [3.63, 3.8) is 0 Å². The van der Waals surface area contributed by atoms with Crippen molar-refractivity contribution in [2.24, 2.45) is 34.0 Å². The Kier molecular flexibility index (Phi) is 8.22. The number of allylic oxidation sites excluding steroid dienone is 4. The van der Waals surface area contributed by atoms with Crippen LogP contribution in [0.3, 0.4) is 0 Å². The van der Waals surface area contributed by atoms with E-state index in [1.165, 1.54) is 51.4 Å². The number of hydrogen-bond donors (Lipinski definition) is 0. The second kappa shape index (κ2) is 9.15. The Hall–Kier alpha value is -0.780. The summed E-state index contributed by atoms with van der Waals surface area (Å²) in [7, 11) is 0. The predicted molar refractivity (Wildman–Crippen MR) is 124 cm³/mol. The van der Waals surface area contributed by atoms with E-state index >= 15 is 0 Å². The predicted octanol–water partition coefficient (Wildman–Crippen LogP) is 9.00. The monoisotopic (exact) mass is 372 g/mol. The highest BCUT2D eigenvalue weighted by molar-refractivity contribution is 5.34. The SMILES string of the molecule is C.C=CCCC1C2C3CCC(C)(C=C)/C(=C\CCC)C3(C)CCC12C.CC. The molecule has 0 N–H and O–H groups in total. The topological polar surface area (TPSA) is 0 Å². The van der Waals surface area contributed by atoms with Gasteiger partial charge >= 0.3 is 0 Å². The zero-order chi connectivity index (χ0) is 19.6. The maximum atomic E-state index is 4.23. The van der Waals surface area contributed by atoms with Gasteiger partial charge in [-0.25, -0.2) is 0 Å². The van der Waals surface area contributed by atoms with E-state index in [9.17, 15) is 0 Å². The summed E-state index contributed by atoms with van der Waals surface area (Å²) in [5.74, 6) is 2.79. The van der Waals surface area contributed by atoms with E-state index in [2.05, 4.69) is 59.1 Å². The largest absolute Gasteiger partial charge is 0.103 e. The van der Waals surface area contributed by atoms with Crippen molar-refractivity contribution in [2.45, 2.75) is 100 Å². The molecule has 6 unspecified atom stereocenters. The minimum Gasteiger partial charge on any atom is -0.103 e. The van der Waals surface area contributed by atoms with Crippen LogP contribution >= 0.6 is 0 Å². The quantitative estimate of drug-likeness (QED) is 0.408. The molecule has 0 spiro atoms. The molecule has 0 radical (unpaired) electrons. The van der Waals surface area contributed by atoms with Crippen molar-refractivity contribution in [2.75, 3.05) is 0 Å². The van der Waals surface area contributed by atoms with Crippen molar-refractivity contribution < 1.29 is 0 Å². The maximum Gasteiger partial charge on any atom is 0.00655 e. The third kappa shape index (κ3) is 3.88. The molecule has 0 amide bonds. The van der Waals surface area contributed by atoms with E-state index < -0.39 is 0 Å². The molecule has 6 atom stereocenters. The van der Waals surface area contributed by atoms with Crippen molar-refractivity contribution in [1.29, 1.82) is 0 Å². The average molecular weight is 373 g/mol. The Morgan fingerprint density at radius 2 is 1.70 bits per heavy atom. The Bertz CT molecular complexity index is 540. The molecule has 3 saturated carbocycles. The summed E-state index contributed by atoms with van der Waals surface area (Å²) in [6.45, 7) is 22.1. The number of hydrogen-bond acceptors (Lipinski definition) is 0. The second-order valence-corrected chi connectivity index (χ2v) is 9.59. The summed E-state index contributed by atoms with van der Waals surface area (Å²) in [6, 6.07) is 0. The molecular weight excluding hydrogens is 324 g/mol. The Morgan fingerprint density at radius 3 is 2.26 bits per heavy atom. The fourth-order valence-corrected chi connectivity index (χ4v) is 6.75. The zero-order valence-electron chi connectivity index (χ0n) is 18.5. The lowest BCUT2D eigenvalue weighted by Gasteiger charge is -2.55. The summed E-state index contributed by atoms with van der Waals surface area (Å²) in [5.41, 5.74) is 2.99. The van der Waals surface area contributed by atoms with Crippen LogP contribution in [0, 0.1) is 34.0 Å². The third-order valence-corrected chi connectivity index (χ3v) is 8.34. The molecule has 0 nitrogen and oxygen atoms in total. The first kappa shape index (κ1) is 24.3. The van der Waals surface area contributed by atoms with Gasteiger partial charge in [0.05, 0.1) is 0 Å². The number of unbranched alkanes of at least 4 members (excludes halogenated alkanes) is 1. The van der Waals surface area contributed by atoms with Gasteiger partial charge in [-0.3, -0.25) is 0 Å². The minimum atomic E-state index is 0. The molecule has 0 aromatic carbocycles. The van der Waals surface area contributed by atoms with Crippen LogP contribution in [0.2, 0.25) is 0 Å². The highest BCUT2D eigenvalue weighted by Gasteiger charge is 2.69. The van der Waals surface area contributed by atoms with Crippen LogP contribution in [0.5, 0.6) is 0 Å². The minimum absolute atomic E-state index is 0. The fourth-order valence-electron chi connectivity index (χ4n) is 6.75. The lowest BCUT2D eigenvalue weighted by molar-refractivity contribution is 0.0507. The fraction of sp³-hybridized carbons (Fsp3) is 0.778. The van der Waals surface area contributed by atoms with Crippen molar-refractivity contribution in [1.82, 2.24) is 0 Å². The van der Waals surface area contributed by atoms with Crippen LogP contribution in [0.1, 0.15) is 100 Å². The average Bonchev–Trinajstić information content (AvgIpc) is 3.25. The Morgan fingerprint density at radius 1 is 1.04 bits per heavy atom. The molecule has 0 aliphatic heterocycles. The normalized spacial score (nSPS) is 43.3. The van der Waals surface area contributed by atoms with E-state index in [0.29, 0.717) is 10.8 Å². The lowest BCUT2D eigenvalue weighted by Crippen LogP contribution is -2.45. The van der Waals surface area contributed by atoms with Gasteiger partial charge in [0.2, 0.25) is 0 Å². The van der Waals surface area contributed by atoms with E-state index in [-0.39, 0.29) is 12.8 Å². The first-order chi connectivity index (χ1) is 12.4. The van der Waals surface area contributed by atoms with E-state index in [4.69, 9.17) is 0 Å². The first-order valence-corrected chi connectivity index (χ1v) is 11.3. The molecule has 0 bridgehead atoms. The van der Waals surface area contributed by atoms with Gasteiger partial charge in [0.15, 0.2) is 0 Å². The van der Waals surface area contributed by atoms with Crippen molar-refractivity contribution >= 4 is 0 Å². The van der Waals surface area contributed by atoms with Crippen molar-refractivity contribution in [3.05, 3.63) is 37.0 Å². The highest BCUT2D eigenvalue weighted by Crippen LogP contribution is 2.77. The number of fused-ring (bicyclic) bond motifs is 3. The van der Waals surface area contributed by atoms with Gasteiger partial charge in [-0.15, -0.1) is 13.2 Å². The van der Waals surface area contributed by atoms with Crippen LogP contribution in [-0.2, 0) is 0 Å². The van der Waals surface area contributed by atoms with Gasteiger partial charge in [0, 0.05) is 5.41 Å². The van der Waals surface area contributed by atoms with Crippen LogP contribution < -0.4 is 0 Å². The summed E-state index contributed by atoms with van der Waals surface area (Å²) in [6.07, 6.45) is 17.5. The first-order valence-electron chi connectivity index (χ1n) is 11.3. The third-order valence-electron chi connectivity index (χ3n) is 8.34. The van der Waals surface area contributed by atoms with Gasteiger partial charge in [0.1, 0.15) is 0 Å². The summed E-state index contributed by atoms with van der Waals surface area (Å²) in [4.78, 5) is 0. The van der Waals surface area contributed by atoms with Gasteiger partial charge in [0.25, 0.3) is 0 Å². The molecule has 156 valence electrons. The molecule has 3 aliphatic rings. The molecule has 0 heterocycles. The van der Waals surface area contributed by atoms with Crippen LogP contribution in [0.15, 0.2) is 37.0 Å². The highest BCUT2D eigenvalue weighted by atomic mass is 14.7. The number of rotatable bonds is 6. The summed E-state index contributed by atoms with van der Waals surface area (Å²) in [5, 5.41) is 0. The molecule has 0 saturated heterocycles. The van der Waals surface area contributed by atoms with Crippen LogP contribution in [-0.4, -0.2) is 0 Å². The maximum absolute atomic E-state index is 4.23. The molecule has 3 rings (SSSR count). The second-order valence-electron chi connectivity index (χ2n) is 9.59. The van der Waals surface area contributed by atoms with Gasteiger partial charge in [-0.05, 0) is 73.5 Å². The molecular formula is C27H48. The van der Waals surface area contributed by atoms with E-state index in [1.54, 1.807) is 5.57 Å². The molecule has 0 aromatic rings. The lowest BCUT2D eigenvalue weighted by atomic mass is 9.50. The van der Waals surface area contributed by atoms with Gasteiger partial charge in [-0.1, -0.05) is 79.2 Å². The van der Waals surface area contributed by atoms with Crippen molar-refractivity contribution in [3.8, 4) is 0 Å². The van der Waals surface area contributed by atoms with Crippen LogP contribution in [0.25, 0.3) is 0 Å². The molecule has 3 fully saturated rings. The Labute approximate surface area is 171 Å². The smallest absolute Gasteiger partial charge is 0.00655 e. The molecule has 0 aromatic heterocycles. The van der Waals surface area contributed by atoms with Gasteiger partial charge < -0.3 is 0 Å². The molecule has 0 heteroatoms. The summed E-state index contributed by atoms with van der Waals surface area (Å²) >= 11 is 0. The molecule has 3 aliphatic carbocycles. The Balaban J connectivity index is 0.00000118. The summed E-state index contributed by atoms with van der Waals surface area (Å²) < 4.78 is 0. The molecule has 27 heavy (non-hydrogen) atoms. The van der Waals surface area contributed by atoms with E-state index in [1.807, 2.05) is 13.8 Å². The zero-order valence-corrected chi connectivity index (χ0v) is 18.5. The standard InChI is InChI=1S/C24H38.C2H6.CH4/c1-7-10-12-18-21-19-14-15-22(4,9-3)20(13-11-8-2)23(19,5)16-17-24(18,21)6;1-2;/h7,9,13,18-19,21H,1,3,8,10-12,14-17H2,2,4-6H3;1-2H3;1H4/b20-13+;;. The van der Waals surface area contributed by atoms with Crippen LogP contribution in [0.4, 0.5) is 0 Å². The van der Waals surface area contributed by atoms with E-state index in [0.717, 1.165) is 17.8 Å².